The lowest BCUT2D eigenvalue weighted by Crippen LogP contribution is -1.53. The number of rotatable bonds is 0. The maximum Gasteiger partial charge on any atom is 0.290 e. The van der Waals surface area contributed by atoms with Crippen molar-refractivity contribution in [2.75, 3.05) is 6.86 Å². The highest BCUT2D eigenvalue weighted by molar-refractivity contribution is 5.32. The SMILES string of the molecule is O=CO.OCF. The minimum absolute atomic E-state index is 0.250. The van der Waals surface area contributed by atoms with Crippen LogP contribution in [0.1, 0.15) is 0 Å². The molecule has 0 radical (unpaired) electrons. The fraction of sp³-hybridized carbons (Fsp3) is 0.500. The van der Waals surface area contributed by atoms with Gasteiger partial charge in [0, 0.05) is 0 Å². The standard InChI is InChI=1S/CH3FO.CH2O2/c2*2-1-3/h3H,1H2;1H,(H,2,3). The number of hydrogen-bond acceptors (Lipinski definition) is 2. The van der Waals surface area contributed by atoms with Gasteiger partial charge >= 0.3 is 0 Å². The number of alkyl halides is 1. The minimum atomic E-state index is -1.25. The van der Waals surface area contributed by atoms with E-state index < -0.39 is 6.86 Å². The molecule has 0 unspecified atom stereocenters. The zero-order valence-electron chi connectivity index (χ0n) is 2.97. The van der Waals surface area contributed by atoms with E-state index in [1.807, 2.05) is 0 Å². The van der Waals surface area contributed by atoms with Gasteiger partial charge in [-0.05, 0) is 0 Å². The van der Waals surface area contributed by atoms with Crippen LogP contribution in [0.15, 0.2) is 0 Å². The van der Waals surface area contributed by atoms with Gasteiger partial charge in [-0.2, -0.15) is 0 Å². The largest absolute Gasteiger partial charge is 0.483 e. The average molecular weight is 96.1 g/mol. The third-order valence-electron chi connectivity index (χ3n) is 0. The molecule has 0 aromatic rings. The number of halogens is 1. The minimum Gasteiger partial charge on any atom is -0.483 e. The Hall–Kier alpha value is -0.640. The summed E-state index contributed by atoms with van der Waals surface area (Å²) in [6.45, 7) is -1.50. The van der Waals surface area contributed by atoms with E-state index in [0.29, 0.717) is 0 Å². The molecule has 0 heterocycles. The van der Waals surface area contributed by atoms with Crippen molar-refractivity contribution in [3.05, 3.63) is 0 Å². The lowest BCUT2D eigenvalue weighted by atomic mass is 11.6. The first-order chi connectivity index (χ1) is 2.83. The summed E-state index contributed by atoms with van der Waals surface area (Å²) >= 11 is 0. The summed E-state index contributed by atoms with van der Waals surface area (Å²) in [5.41, 5.74) is 0. The second kappa shape index (κ2) is 26.6. The molecule has 3 nitrogen and oxygen atoms in total. The summed E-state index contributed by atoms with van der Waals surface area (Å²) in [6, 6.07) is 0. The normalized spacial score (nSPS) is 5.00. The van der Waals surface area contributed by atoms with Crippen molar-refractivity contribution in [2.24, 2.45) is 0 Å². The van der Waals surface area contributed by atoms with Crippen molar-refractivity contribution in [1.29, 1.82) is 0 Å². The number of carboxylic acid groups (broad SMARTS) is 1. The number of aliphatic hydroxyl groups is 1. The third-order valence-corrected chi connectivity index (χ3v) is 0. The fourth-order valence-electron chi connectivity index (χ4n) is 0. The molecule has 0 aromatic heterocycles. The highest BCUT2D eigenvalue weighted by Crippen LogP contribution is 1.40. The highest BCUT2D eigenvalue weighted by Gasteiger charge is 1.38. The van der Waals surface area contributed by atoms with Crippen LogP contribution in [-0.2, 0) is 4.79 Å². The first-order valence-corrected chi connectivity index (χ1v) is 1.08. The maximum atomic E-state index is 9.85. The van der Waals surface area contributed by atoms with E-state index in [9.17, 15) is 4.39 Å². The molecule has 0 amide bonds. The Bertz CT molecular complexity index is 22.8. The van der Waals surface area contributed by atoms with Gasteiger partial charge in [0.15, 0.2) is 6.86 Å². The molecule has 0 bridgehead atoms. The van der Waals surface area contributed by atoms with E-state index in [-0.39, 0.29) is 6.47 Å². The quantitative estimate of drug-likeness (QED) is 0.403. The zero-order valence-corrected chi connectivity index (χ0v) is 2.97. The summed E-state index contributed by atoms with van der Waals surface area (Å²) < 4.78 is 9.85. The molecule has 0 atom stereocenters. The van der Waals surface area contributed by atoms with Crippen molar-refractivity contribution in [2.45, 2.75) is 0 Å². The van der Waals surface area contributed by atoms with Crippen LogP contribution in [0.2, 0.25) is 0 Å². The molecule has 0 spiro atoms. The lowest BCUT2D eigenvalue weighted by Gasteiger charge is -1.49. The Kier molecular flexibility index (Phi) is 40.0. The topological polar surface area (TPSA) is 57.5 Å². The second-order valence-corrected chi connectivity index (χ2v) is 0.225. The highest BCUT2D eigenvalue weighted by atomic mass is 19.1. The van der Waals surface area contributed by atoms with Crippen molar-refractivity contribution < 1.29 is 19.4 Å². The summed E-state index contributed by atoms with van der Waals surface area (Å²) in [4.78, 5) is 8.36. The van der Waals surface area contributed by atoms with Crippen molar-refractivity contribution >= 4 is 6.47 Å². The van der Waals surface area contributed by atoms with Crippen LogP contribution in [-0.4, -0.2) is 23.5 Å². The van der Waals surface area contributed by atoms with E-state index >= 15 is 0 Å². The van der Waals surface area contributed by atoms with E-state index in [1.165, 1.54) is 0 Å². The fourth-order valence-corrected chi connectivity index (χ4v) is 0. The van der Waals surface area contributed by atoms with Gasteiger partial charge in [-0.3, -0.25) is 4.79 Å². The molecule has 0 saturated heterocycles. The Morgan fingerprint density at radius 1 is 1.83 bits per heavy atom. The van der Waals surface area contributed by atoms with Gasteiger partial charge in [0.1, 0.15) is 0 Å². The van der Waals surface area contributed by atoms with Crippen LogP contribution in [0.4, 0.5) is 4.39 Å². The molecule has 4 heteroatoms. The molecule has 0 aromatic carbocycles. The summed E-state index contributed by atoms with van der Waals surface area (Å²) in [5, 5.41) is 13.8. The molecule has 2 N–H and O–H groups in total. The molecule has 6 heavy (non-hydrogen) atoms. The predicted octanol–water partition coefficient (Wildman–Crippen LogP) is -0.394. The second-order valence-electron chi connectivity index (χ2n) is 0.225. The van der Waals surface area contributed by atoms with Crippen molar-refractivity contribution in [3.63, 3.8) is 0 Å². The Labute approximate surface area is 34.0 Å². The van der Waals surface area contributed by atoms with Gasteiger partial charge in [0.2, 0.25) is 0 Å². The van der Waals surface area contributed by atoms with Crippen LogP contribution < -0.4 is 0 Å². The summed E-state index contributed by atoms with van der Waals surface area (Å²) in [7, 11) is 0. The monoisotopic (exact) mass is 96.0 g/mol. The van der Waals surface area contributed by atoms with E-state index in [0.717, 1.165) is 0 Å². The average Bonchev–Trinajstić information content (AvgIpc) is 1.39. The van der Waals surface area contributed by atoms with Crippen LogP contribution in [0.3, 0.4) is 0 Å². The van der Waals surface area contributed by atoms with Gasteiger partial charge in [-0.15, -0.1) is 0 Å². The molecular weight excluding hydrogens is 91.0 g/mol. The van der Waals surface area contributed by atoms with Gasteiger partial charge in [0.25, 0.3) is 6.47 Å². The first kappa shape index (κ1) is 9.03. The zero-order chi connectivity index (χ0) is 5.41. The van der Waals surface area contributed by atoms with Crippen molar-refractivity contribution in [3.8, 4) is 0 Å². The predicted molar refractivity (Wildman–Crippen MR) is 16.9 cm³/mol. The summed E-state index contributed by atoms with van der Waals surface area (Å²) in [6.07, 6.45) is 0. The molecule has 0 aliphatic carbocycles. The van der Waals surface area contributed by atoms with Crippen LogP contribution in [0, 0.1) is 0 Å². The van der Waals surface area contributed by atoms with Crippen LogP contribution >= 0.6 is 0 Å². The molecule has 0 aliphatic rings. The molecule has 0 fully saturated rings. The smallest absolute Gasteiger partial charge is 0.290 e. The van der Waals surface area contributed by atoms with E-state index in [1.54, 1.807) is 0 Å². The Balaban J connectivity index is 0. The number of aliphatic hydroxyl groups excluding tert-OH is 1. The van der Waals surface area contributed by atoms with Crippen LogP contribution in [0.5, 0.6) is 0 Å². The maximum absolute atomic E-state index is 9.85. The molecule has 0 saturated carbocycles. The van der Waals surface area contributed by atoms with Gasteiger partial charge in [-0.1, -0.05) is 0 Å². The van der Waals surface area contributed by atoms with Crippen LogP contribution in [0.25, 0.3) is 0 Å². The first-order valence-electron chi connectivity index (χ1n) is 1.08. The van der Waals surface area contributed by atoms with Crippen molar-refractivity contribution in [1.82, 2.24) is 0 Å². The Morgan fingerprint density at radius 3 is 1.83 bits per heavy atom. The number of carbonyl (C=O) groups is 1. The molecular formula is C2H5FO3. The summed E-state index contributed by atoms with van der Waals surface area (Å²) in [5.74, 6) is 0. The molecule has 0 rings (SSSR count). The Morgan fingerprint density at radius 2 is 1.83 bits per heavy atom. The third kappa shape index (κ3) is 45.7. The van der Waals surface area contributed by atoms with E-state index in [2.05, 4.69) is 0 Å². The van der Waals surface area contributed by atoms with E-state index in [4.69, 9.17) is 15.0 Å². The van der Waals surface area contributed by atoms with Gasteiger partial charge in [-0.25, -0.2) is 4.39 Å². The lowest BCUT2D eigenvalue weighted by molar-refractivity contribution is -0.122. The molecule has 0 aliphatic heterocycles. The van der Waals surface area contributed by atoms with Gasteiger partial charge < -0.3 is 10.2 Å². The molecule has 38 valence electrons. The van der Waals surface area contributed by atoms with Gasteiger partial charge in [0.05, 0.1) is 0 Å². The number of hydrogen-bond donors (Lipinski definition) is 2.